The molecule has 0 saturated carbocycles. The lowest BCUT2D eigenvalue weighted by molar-refractivity contribution is 0.284. The van der Waals surface area contributed by atoms with Crippen LogP contribution in [0.2, 0.25) is 10.0 Å². The fraction of sp³-hybridized carbons (Fsp3) is 0.222. The highest BCUT2D eigenvalue weighted by molar-refractivity contribution is 7.80. The van der Waals surface area contributed by atoms with Crippen LogP contribution in [0.25, 0.3) is 0 Å². The van der Waals surface area contributed by atoms with Gasteiger partial charge in [-0.3, -0.25) is 5.43 Å². The SMILES string of the molecule is CCNC(=S)NN=Cc1ccc(OCc2c(Cl)cccc2Cl)c(OC)c1. The van der Waals surface area contributed by atoms with Gasteiger partial charge in [-0.15, -0.1) is 0 Å². The van der Waals surface area contributed by atoms with E-state index in [9.17, 15) is 0 Å². The number of ether oxygens (including phenoxy) is 2. The van der Waals surface area contributed by atoms with Gasteiger partial charge in [0.15, 0.2) is 16.6 Å². The Morgan fingerprint density at radius 2 is 1.92 bits per heavy atom. The molecule has 0 aromatic heterocycles. The first-order valence-electron chi connectivity index (χ1n) is 7.85. The normalized spacial score (nSPS) is 10.6. The van der Waals surface area contributed by atoms with Crippen molar-refractivity contribution in [3.63, 3.8) is 0 Å². The van der Waals surface area contributed by atoms with E-state index in [1.807, 2.05) is 19.1 Å². The molecule has 138 valence electrons. The molecule has 0 radical (unpaired) electrons. The monoisotopic (exact) mass is 411 g/mol. The maximum atomic E-state index is 6.16. The van der Waals surface area contributed by atoms with Gasteiger partial charge in [0, 0.05) is 22.2 Å². The van der Waals surface area contributed by atoms with Crippen LogP contribution in [-0.2, 0) is 6.61 Å². The van der Waals surface area contributed by atoms with Crippen LogP contribution in [0.4, 0.5) is 0 Å². The topological polar surface area (TPSA) is 54.9 Å². The van der Waals surface area contributed by atoms with E-state index in [-0.39, 0.29) is 6.61 Å². The Bertz CT molecular complexity index is 780. The number of nitrogens with zero attached hydrogens (tertiary/aromatic N) is 1. The highest BCUT2D eigenvalue weighted by atomic mass is 35.5. The van der Waals surface area contributed by atoms with Crippen LogP contribution in [0.5, 0.6) is 11.5 Å². The molecule has 2 rings (SSSR count). The maximum Gasteiger partial charge on any atom is 0.186 e. The fourth-order valence-corrected chi connectivity index (χ4v) is 2.77. The van der Waals surface area contributed by atoms with E-state index in [0.717, 1.165) is 17.7 Å². The van der Waals surface area contributed by atoms with Crippen molar-refractivity contribution in [3.05, 3.63) is 57.6 Å². The second kappa shape index (κ2) is 10.2. The third-order valence-electron chi connectivity index (χ3n) is 3.34. The van der Waals surface area contributed by atoms with Gasteiger partial charge in [0.05, 0.1) is 13.3 Å². The predicted molar refractivity (Wildman–Crippen MR) is 111 cm³/mol. The predicted octanol–water partition coefficient (Wildman–Crippen LogP) is 4.40. The van der Waals surface area contributed by atoms with Crippen molar-refractivity contribution >= 4 is 46.7 Å². The first-order valence-corrected chi connectivity index (χ1v) is 9.02. The van der Waals surface area contributed by atoms with Crippen LogP contribution < -0.4 is 20.2 Å². The lowest BCUT2D eigenvalue weighted by Crippen LogP contribution is -2.31. The molecule has 26 heavy (non-hydrogen) atoms. The number of nitrogens with one attached hydrogen (secondary N) is 2. The number of thiocarbonyl (C=S) groups is 1. The van der Waals surface area contributed by atoms with Crippen molar-refractivity contribution in [2.45, 2.75) is 13.5 Å². The third-order valence-corrected chi connectivity index (χ3v) is 4.28. The van der Waals surface area contributed by atoms with Gasteiger partial charge in [-0.25, -0.2) is 0 Å². The molecule has 0 spiro atoms. The summed E-state index contributed by atoms with van der Waals surface area (Å²) in [5, 5.41) is 8.60. The fourth-order valence-electron chi connectivity index (χ4n) is 2.07. The summed E-state index contributed by atoms with van der Waals surface area (Å²) in [5.74, 6) is 1.16. The van der Waals surface area contributed by atoms with Crippen LogP contribution in [0.1, 0.15) is 18.1 Å². The smallest absolute Gasteiger partial charge is 0.186 e. The van der Waals surface area contributed by atoms with E-state index in [1.165, 1.54) is 0 Å². The summed E-state index contributed by atoms with van der Waals surface area (Å²) in [6.45, 7) is 2.93. The molecule has 2 aromatic rings. The van der Waals surface area contributed by atoms with Crippen molar-refractivity contribution < 1.29 is 9.47 Å². The Morgan fingerprint density at radius 1 is 1.19 bits per heavy atom. The Hall–Kier alpha value is -2.02. The number of halogens is 2. The molecule has 8 heteroatoms. The summed E-state index contributed by atoms with van der Waals surface area (Å²) in [5.41, 5.74) is 4.29. The zero-order valence-electron chi connectivity index (χ0n) is 14.4. The molecule has 0 amide bonds. The van der Waals surface area contributed by atoms with E-state index in [1.54, 1.807) is 37.6 Å². The Kier molecular flexibility index (Phi) is 7.97. The summed E-state index contributed by atoms with van der Waals surface area (Å²) >= 11 is 17.4. The van der Waals surface area contributed by atoms with Gasteiger partial charge >= 0.3 is 0 Å². The molecule has 0 bridgehead atoms. The number of benzene rings is 2. The summed E-state index contributed by atoms with van der Waals surface area (Å²) in [6, 6.07) is 10.8. The molecule has 0 aliphatic heterocycles. The highest BCUT2D eigenvalue weighted by Crippen LogP contribution is 2.31. The number of hydrogen-bond donors (Lipinski definition) is 2. The summed E-state index contributed by atoms with van der Waals surface area (Å²) in [6.07, 6.45) is 1.64. The van der Waals surface area contributed by atoms with Gasteiger partial charge in [-0.2, -0.15) is 5.10 Å². The minimum absolute atomic E-state index is 0.237. The average molecular weight is 412 g/mol. The van der Waals surface area contributed by atoms with Crippen LogP contribution >= 0.6 is 35.4 Å². The molecule has 0 atom stereocenters. The molecule has 0 fully saturated rings. The largest absolute Gasteiger partial charge is 0.493 e. The molecule has 5 nitrogen and oxygen atoms in total. The number of methoxy groups -OCH3 is 1. The lowest BCUT2D eigenvalue weighted by atomic mass is 10.2. The van der Waals surface area contributed by atoms with Gasteiger partial charge < -0.3 is 14.8 Å². The van der Waals surface area contributed by atoms with Crippen LogP contribution in [0.3, 0.4) is 0 Å². The second-order valence-electron chi connectivity index (χ2n) is 5.13. The van der Waals surface area contributed by atoms with E-state index in [0.29, 0.717) is 26.7 Å². The van der Waals surface area contributed by atoms with E-state index < -0.39 is 0 Å². The van der Waals surface area contributed by atoms with Gasteiger partial charge in [0.25, 0.3) is 0 Å². The molecule has 0 saturated heterocycles. The Labute approximate surface area is 168 Å². The standard InChI is InChI=1S/C18H19Cl2N3O2S/c1-3-21-18(26)23-22-10-12-7-8-16(17(9-12)24-2)25-11-13-14(19)5-4-6-15(13)20/h4-10H,3,11H2,1-2H3,(H2,21,23,26). The molecule has 2 N–H and O–H groups in total. The quantitative estimate of drug-likeness (QED) is 0.401. The van der Waals surface area contributed by atoms with Gasteiger partial charge in [0.2, 0.25) is 0 Å². The maximum absolute atomic E-state index is 6.16. The van der Waals surface area contributed by atoms with Crippen molar-refractivity contribution in [3.8, 4) is 11.5 Å². The van der Waals surface area contributed by atoms with Crippen molar-refractivity contribution in [1.29, 1.82) is 0 Å². The number of hydrogen-bond acceptors (Lipinski definition) is 4. The van der Waals surface area contributed by atoms with Crippen LogP contribution in [-0.4, -0.2) is 25.0 Å². The minimum Gasteiger partial charge on any atom is -0.493 e. The first kappa shape index (κ1) is 20.3. The zero-order chi connectivity index (χ0) is 18.9. The van der Waals surface area contributed by atoms with Crippen LogP contribution in [0.15, 0.2) is 41.5 Å². The molecular weight excluding hydrogens is 393 g/mol. The van der Waals surface area contributed by atoms with Gasteiger partial charge in [0.1, 0.15) is 6.61 Å². The third kappa shape index (κ3) is 5.76. The zero-order valence-corrected chi connectivity index (χ0v) is 16.7. The second-order valence-corrected chi connectivity index (χ2v) is 6.35. The Morgan fingerprint density at radius 3 is 2.58 bits per heavy atom. The molecule has 0 aliphatic carbocycles. The van der Waals surface area contributed by atoms with Crippen LogP contribution in [0, 0.1) is 0 Å². The Balaban J connectivity index is 2.06. The minimum atomic E-state index is 0.237. The summed E-state index contributed by atoms with van der Waals surface area (Å²) in [7, 11) is 1.57. The van der Waals surface area contributed by atoms with E-state index >= 15 is 0 Å². The van der Waals surface area contributed by atoms with Gasteiger partial charge in [-0.05, 0) is 55.0 Å². The van der Waals surface area contributed by atoms with Crippen molar-refractivity contribution in [1.82, 2.24) is 10.7 Å². The first-order chi connectivity index (χ1) is 12.5. The molecular formula is C18H19Cl2N3O2S. The number of hydrazone groups is 1. The van der Waals surface area contributed by atoms with E-state index in [2.05, 4.69) is 15.8 Å². The van der Waals surface area contributed by atoms with Crippen molar-refractivity contribution in [2.75, 3.05) is 13.7 Å². The highest BCUT2D eigenvalue weighted by Gasteiger charge is 2.09. The summed E-state index contributed by atoms with van der Waals surface area (Å²) in [4.78, 5) is 0. The molecule has 2 aromatic carbocycles. The van der Waals surface area contributed by atoms with Gasteiger partial charge in [-0.1, -0.05) is 29.3 Å². The summed E-state index contributed by atoms with van der Waals surface area (Å²) < 4.78 is 11.2. The molecule has 0 aliphatic rings. The van der Waals surface area contributed by atoms with E-state index in [4.69, 9.17) is 44.9 Å². The molecule has 0 heterocycles. The molecule has 0 unspecified atom stereocenters. The number of rotatable bonds is 7. The average Bonchev–Trinajstić information content (AvgIpc) is 2.62. The van der Waals surface area contributed by atoms with Crippen molar-refractivity contribution in [2.24, 2.45) is 5.10 Å². The lowest BCUT2D eigenvalue weighted by Gasteiger charge is -2.13.